The minimum absolute atomic E-state index is 0.0424. The monoisotopic (exact) mass is 294 g/mol. The highest BCUT2D eigenvalue weighted by Gasteiger charge is 2.44. The highest BCUT2D eigenvalue weighted by atomic mass is 16.2. The first-order valence-corrected chi connectivity index (χ1v) is 8.52. The van der Waals surface area contributed by atoms with Gasteiger partial charge in [-0.25, -0.2) is 0 Å². The van der Waals surface area contributed by atoms with Crippen LogP contribution in [-0.2, 0) is 9.59 Å². The van der Waals surface area contributed by atoms with Crippen LogP contribution in [0.4, 0.5) is 0 Å². The minimum Gasteiger partial charge on any atom is -0.342 e. The molecule has 2 amide bonds. The number of amides is 2. The van der Waals surface area contributed by atoms with Crippen LogP contribution in [0.15, 0.2) is 0 Å². The smallest absolute Gasteiger partial charge is 0.246 e. The van der Waals surface area contributed by atoms with Crippen LogP contribution in [0.3, 0.4) is 0 Å². The molecule has 4 nitrogen and oxygen atoms in total. The van der Waals surface area contributed by atoms with E-state index in [-0.39, 0.29) is 29.8 Å². The van der Waals surface area contributed by atoms with Crippen LogP contribution in [0.1, 0.15) is 59.8 Å². The Kier molecular flexibility index (Phi) is 5.28. The molecule has 0 aromatic rings. The number of carbonyl (C=O) groups is 2. The molecule has 1 heterocycles. The minimum atomic E-state index is -0.306. The molecule has 4 heteroatoms. The summed E-state index contributed by atoms with van der Waals surface area (Å²) in [6.45, 7) is 8.93. The normalized spacial score (nSPS) is 28.4. The molecule has 2 atom stereocenters. The van der Waals surface area contributed by atoms with Crippen LogP contribution in [0.2, 0.25) is 0 Å². The van der Waals surface area contributed by atoms with Crippen LogP contribution < -0.4 is 5.32 Å². The molecule has 0 aromatic heterocycles. The Morgan fingerprint density at radius 3 is 2.24 bits per heavy atom. The van der Waals surface area contributed by atoms with E-state index < -0.39 is 0 Å². The van der Waals surface area contributed by atoms with Crippen LogP contribution in [0.5, 0.6) is 0 Å². The highest BCUT2D eigenvalue weighted by molar-refractivity contribution is 5.97. The molecule has 21 heavy (non-hydrogen) atoms. The fourth-order valence-electron chi connectivity index (χ4n) is 3.80. The number of hydrogen-bond acceptors (Lipinski definition) is 2. The van der Waals surface area contributed by atoms with Crippen molar-refractivity contribution in [3.8, 4) is 0 Å². The SMILES string of the molecule is CC(C)CN1C(=O)C(C2CCCCC2)NC(=O)C1C(C)C. The van der Waals surface area contributed by atoms with Gasteiger partial charge < -0.3 is 10.2 Å². The molecular formula is C17H30N2O2. The second-order valence-corrected chi connectivity index (χ2v) is 7.46. The van der Waals surface area contributed by atoms with E-state index in [9.17, 15) is 9.59 Å². The first kappa shape index (κ1) is 16.3. The third kappa shape index (κ3) is 3.58. The van der Waals surface area contributed by atoms with Crippen molar-refractivity contribution in [2.24, 2.45) is 17.8 Å². The standard InChI is InChI=1S/C17H30N2O2/c1-11(2)10-19-15(12(3)4)16(20)18-14(17(19)21)13-8-6-5-7-9-13/h11-15H,5-10H2,1-4H3,(H,18,20). The number of hydrogen-bond donors (Lipinski definition) is 1. The number of nitrogens with one attached hydrogen (secondary N) is 1. The molecule has 1 saturated carbocycles. The number of rotatable bonds is 4. The maximum Gasteiger partial charge on any atom is 0.246 e. The summed E-state index contributed by atoms with van der Waals surface area (Å²) in [6.07, 6.45) is 5.76. The summed E-state index contributed by atoms with van der Waals surface area (Å²) in [4.78, 5) is 27.3. The van der Waals surface area contributed by atoms with Crippen molar-refractivity contribution in [2.75, 3.05) is 6.54 Å². The summed E-state index contributed by atoms with van der Waals surface area (Å²) >= 11 is 0. The lowest BCUT2D eigenvalue weighted by Gasteiger charge is -2.44. The largest absolute Gasteiger partial charge is 0.342 e. The molecule has 2 rings (SSSR count). The Hall–Kier alpha value is -1.06. The molecule has 0 aromatic carbocycles. The van der Waals surface area contributed by atoms with E-state index in [0.29, 0.717) is 18.4 Å². The number of nitrogens with zero attached hydrogens (tertiary/aromatic N) is 1. The van der Waals surface area contributed by atoms with Gasteiger partial charge in [0.15, 0.2) is 0 Å². The predicted molar refractivity (Wildman–Crippen MR) is 83.7 cm³/mol. The Labute approximate surface area is 128 Å². The van der Waals surface area contributed by atoms with Crippen molar-refractivity contribution >= 4 is 11.8 Å². The average Bonchev–Trinajstić information content (AvgIpc) is 2.42. The molecule has 2 aliphatic rings. The fourth-order valence-corrected chi connectivity index (χ4v) is 3.80. The van der Waals surface area contributed by atoms with Crippen LogP contribution in [0, 0.1) is 17.8 Å². The highest BCUT2D eigenvalue weighted by Crippen LogP contribution is 2.30. The third-order valence-electron chi connectivity index (χ3n) is 4.77. The fraction of sp³-hybridized carbons (Fsp3) is 0.882. The summed E-state index contributed by atoms with van der Waals surface area (Å²) in [5.74, 6) is 1.06. The summed E-state index contributed by atoms with van der Waals surface area (Å²) in [6, 6.07) is -0.591. The zero-order valence-corrected chi connectivity index (χ0v) is 13.9. The molecular weight excluding hydrogens is 264 g/mol. The molecule has 0 spiro atoms. The molecule has 1 saturated heterocycles. The summed E-state index contributed by atoms with van der Waals surface area (Å²) in [5.41, 5.74) is 0. The van der Waals surface area contributed by atoms with Crippen LogP contribution in [-0.4, -0.2) is 35.3 Å². The Bertz CT molecular complexity index is 386. The van der Waals surface area contributed by atoms with Crippen molar-refractivity contribution in [1.82, 2.24) is 10.2 Å². The second kappa shape index (κ2) is 6.80. The van der Waals surface area contributed by atoms with Gasteiger partial charge in [-0.15, -0.1) is 0 Å². The summed E-state index contributed by atoms with van der Waals surface area (Å²) in [7, 11) is 0. The maximum absolute atomic E-state index is 12.9. The second-order valence-electron chi connectivity index (χ2n) is 7.46. The van der Waals surface area contributed by atoms with E-state index >= 15 is 0 Å². The Balaban J connectivity index is 2.19. The van der Waals surface area contributed by atoms with Gasteiger partial charge in [-0.3, -0.25) is 9.59 Å². The van der Waals surface area contributed by atoms with E-state index in [2.05, 4.69) is 19.2 Å². The first-order chi connectivity index (χ1) is 9.91. The van der Waals surface area contributed by atoms with Crippen LogP contribution in [0.25, 0.3) is 0 Å². The van der Waals surface area contributed by atoms with Crippen molar-refractivity contribution < 1.29 is 9.59 Å². The van der Waals surface area contributed by atoms with E-state index in [1.165, 1.54) is 19.3 Å². The van der Waals surface area contributed by atoms with Crippen molar-refractivity contribution in [3.05, 3.63) is 0 Å². The van der Waals surface area contributed by atoms with Gasteiger partial charge in [-0.1, -0.05) is 47.0 Å². The topological polar surface area (TPSA) is 49.4 Å². The van der Waals surface area contributed by atoms with Gasteiger partial charge >= 0.3 is 0 Å². The lowest BCUT2D eigenvalue weighted by molar-refractivity contribution is -0.153. The zero-order valence-electron chi connectivity index (χ0n) is 13.9. The van der Waals surface area contributed by atoms with E-state index in [4.69, 9.17) is 0 Å². The van der Waals surface area contributed by atoms with Gasteiger partial charge in [-0.2, -0.15) is 0 Å². The molecule has 1 N–H and O–H groups in total. The van der Waals surface area contributed by atoms with E-state index in [1.54, 1.807) is 0 Å². The quantitative estimate of drug-likeness (QED) is 0.866. The van der Waals surface area contributed by atoms with Crippen molar-refractivity contribution in [3.63, 3.8) is 0 Å². The van der Waals surface area contributed by atoms with Crippen LogP contribution >= 0.6 is 0 Å². The molecule has 2 fully saturated rings. The van der Waals surface area contributed by atoms with Gasteiger partial charge in [0, 0.05) is 6.54 Å². The molecule has 2 unspecified atom stereocenters. The Morgan fingerprint density at radius 2 is 1.71 bits per heavy atom. The van der Waals surface area contributed by atoms with Gasteiger partial charge in [-0.05, 0) is 30.6 Å². The number of piperazine rings is 1. The zero-order chi connectivity index (χ0) is 15.6. The third-order valence-corrected chi connectivity index (χ3v) is 4.77. The van der Waals surface area contributed by atoms with Gasteiger partial charge in [0.1, 0.15) is 12.1 Å². The van der Waals surface area contributed by atoms with Gasteiger partial charge in [0.2, 0.25) is 11.8 Å². The maximum atomic E-state index is 12.9. The lowest BCUT2D eigenvalue weighted by atomic mass is 9.81. The van der Waals surface area contributed by atoms with Crippen molar-refractivity contribution in [2.45, 2.75) is 71.9 Å². The predicted octanol–water partition coefficient (Wildman–Crippen LogP) is 2.57. The van der Waals surface area contributed by atoms with Crippen molar-refractivity contribution in [1.29, 1.82) is 0 Å². The molecule has 0 radical (unpaired) electrons. The average molecular weight is 294 g/mol. The lowest BCUT2D eigenvalue weighted by Crippen LogP contribution is -2.67. The van der Waals surface area contributed by atoms with E-state index in [0.717, 1.165) is 12.8 Å². The number of carbonyl (C=O) groups excluding carboxylic acids is 2. The first-order valence-electron chi connectivity index (χ1n) is 8.52. The molecule has 1 aliphatic heterocycles. The molecule has 0 bridgehead atoms. The van der Waals surface area contributed by atoms with E-state index in [1.807, 2.05) is 18.7 Å². The van der Waals surface area contributed by atoms with Gasteiger partial charge in [0.05, 0.1) is 0 Å². The van der Waals surface area contributed by atoms with Gasteiger partial charge in [0.25, 0.3) is 0 Å². The molecule has 1 aliphatic carbocycles. The summed E-state index contributed by atoms with van der Waals surface area (Å²) in [5, 5.41) is 3.04. The molecule has 120 valence electrons. The summed E-state index contributed by atoms with van der Waals surface area (Å²) < 4.78 is 0. The Morgan fingerprint density at radius 1 is 1.10 bits per heavy atom.